The van der Waals surface area contributed by atoms with E-state index >= 15 is 0 Å². The molecule has 3 nitrogen and oxygen atoms in total. The molecule has 0 aromatic rings. The Kier molecular flexibility index (Phi) is 12.8. The maximum Gasteiger partial charge on any atom is 0.277 e. The van der Waals surface area contributed by atoms with E-state index < -0.39 is 16.8 Å². The predicted molar refractivity (Wildman–Crippen MR) is 88.2 cm³/mol. The minimum Gasteiger partial charge on any atom is -0.329 e. The van der Waals surface area contributed by atoms with E-state index in [1.807, 2.05) is 0 Å². The molecule has 0 aromatic carbocycles. The Labute approximate surface area is 121 Å². The molecule has 0 aliphatic heterocycles. The van der Waals surface area contributed by atoms with Gasteiger partial charge in [0, 0.05) is 0 Å². The molecule has 0 aliphatic rings. The fourth-order valence-corrected chi connectivity index (χ4v) is 6.10. The van der Waals surface area contributed by atoms with Crippen LogP contribution in [0.4, 0.5) is 0 Å². The fourth-order valence-electron chi connectivity index (χ4n) is 2.09. The molecule has 0 heterocycles. The molecule has 0 saturated carbocycles. The van der Waals surface area contributed by atoms with Crippen LogP contribution in [0.25, 0.3) is 0 Å². The molecule has 0 saturated heterocycles. The third-order valence-electron chi connectivity index (χ3n) is 3.31. The first-order chi connectivity index (χ1) is 9.02. The van der Waals surface area contributed by atoms with Crippen molar-refractivity contribution in [1.82, 2.24) is 0 Å². The maximum absolute atomic E-state index is 9.52. The van der Waals surface area contributed by atoms with E-state index in [0.717, 1.165) is 37.2 Å². The normalized spacial score (nSPS) is 12.3. The molecule has 0 fully saturated rings. The quantitative estimate of drug-likeness (QED) is 0.374. The summed E-state index contributed by atoms with van der Waals surface area (Å²) >= 11 is 0. The number of hydrogen-bond acceptors (Lipinski definition) is 0. The summed E-state index contributed by atoms with van der Waals surface area (Å²) in [6.07, 6.45) is 11.7. The molecule has 0 bridgehead atoms. The Balaban J connectivity index is 3.93. The monoisotopic (exact) mass is 312 g/mol. The largest absolute Gasteiger partial charge is 0.329 e. The molecule has 0 amide bonds. The lowest BCUT2D eigenvalue weighted by atomic mass is 10.2. The van der Waals surface area contributed by atoms with E-state index in [9.17, 15) is 14.7 Å². The van der Waals surface area contributed by atoms with Crippen molar-refractivity contribution in [2.75, 3.05) is 11.5 Å². The first kappa shape index (κ1) is 19.7. The molecule has 0 unspecified atom stereocenters. The van der Waals surface area contributed by atoms with Crippen LogP contribution < -0.4 is 0 Å². The van der Waals surface area contributed by atoms with Crippen molar-refractivity contribution >= 4 is 16.8 Å². The van der Waals surface area contributed by atoms with Gasteiger partial charge in [-0.2, -0.15) is 0 Å². The Morgan fingerprint density at radius 3 is 1.32 bits per heavy atom. The van der Waals surface area contributed by atoms with Gasteiger partial charge in [0.15, 0.2) is 0 Å². The Morgan fingerprint density at radius 2 is 1.00 bits per heavy atom. The van der Waals surface area contributed by atoms with Crippen molar-refractivity contribution in [3.05, 3.63) is 0 Å². The summed E-state index contributed by atoms with van der Waals surface area (Å²) in [5.41, 5.74) is 0. The zero-order valence-corrected chi connectivity index (χ0v) is 14.4. The first-order valence-corrected chi connectivity index (χ1v) is 11.6. The summed E-state index contributed by atoms with van der Waals surface area (Å²) in [6.45, 7) is 0.765. The van der Waals surface area contributed by atoms with Gasteiger partial charge >= 0.3 is 0 Å². The standard InChI is InChI=1S/C14H33O3PS/c1-3-5-7-9-11-13-19(18(15,16)17)14-12-10-8-6-4-2/h15-17H,3-14H2,1-2H3. The minimum atomic E-state index is -3.61. The zero-order chi connectivity index (χ0) is 14.6. The van der Waals surface area contributed by atoms with Crippen LogP contribution in [-0.4, -0.2) is 26.2 Å². The lowest BCUT2D eigenvalue weighted by Crippen LogP contribution is -2.06. The highest BCUT2D eigenvalue weighted by Crippen LogP contribution is 2.37. The van der Waals surface area contributed by atoms with E-state index in [-0.39, 0.29) is 0 Å². The van der Waals surface area contributed by atoms with Crippen LogP contribution in [0.5, 0.6) is 0 Å². The summed E-state index contributed by atoms with van der Waals surface area (Å²) in [6, 6.07) is 0. The lowest BCUT2D eigenvalue weighted by molar-refractivity contribution is 0.362. The molecule has 0 radical (unpaired) electrons. The fraction of sp³-hybridized carbons (Fsp3) is 1.00. The van der Waals surface area contributed by atoms with Crippen molar-refractivity contribution in [3.8, 4) is 0 Å². The summed E-state index contributed by atoms with van der Waals surface area (Å²) in [5, 5.41) is 0. The SMILES string of the molecule is CCCCCCCS(CCCCCCC)=P(O)(O)O. The third kappa shape index (κ3) is 12.1. The average Bonchev–Trinajstić information content (AvgIpc) is 2.34. The van der Waals surface area contributed by atoms with Crippen molar-refractivity contribution in [2.24, 2.45) is 0 Å². The van der Waals surface area contributed by atoms with Gasteiger partial charge in [0.2, 0.25) is 0 Å². The Hall–Kier alpha value is 0.660. The van der Waals surface area contributed by atoms with Crippen LogP contribution in [0.1, 0.15) is 78.1 Å². The highest BCUT2D eigenvalue weighted by Gasteiger charge is 2.12. The van der Waals surface area contributed by atoms with E-state index in [2.05, 4.69) is 13.8 Å². The smallest absolute Gasteiger partial charge is 0.277 e. The molecule has 118 valence electrons. The highest BCUT2D eigenvalue weighted by molar-refractivity contribution is 8.27. The minimum absolute atomic E-state index is 0.575. The van der Waals surface area contributed by atoms with Crippen LogP contribution in [-0.2, 0) is 10.1 Å². The van der Waals surface area contributed by atoms with Gasteiger partial charge in [-0.05, 0) is 24.3 Å². The summed E-state index contributed by atoms with van der Waals surface area (Å²) < 4.78 is 0. The molecule has 0 aliphatic carbocycles. The molecule has 19 heavy (non-hydrogen) atoms. The molecule has 0 rings (SSSR count). The van der Waals surface area contributed by atoms with Crippen molar-refractivity contribution in [1.29, 1.82) is 0 Å². The predicted octanol–water partition coefficient (Wildman–Crippen LogP) is 4.20. The van der Waals surface area contributed by atoms with Gasteiger partial charge in [0.25, 0.3) is 6.72 Å². The first-order valence-electron chi connectivity index (χ1n) is 7.77. The molecular formula is C14H33O3PS. The van der Waals surface area contributed by atoms with E-state index in [1.54, 1.807) is 0 Å². The molecule has 0 atom stereocenters. The second-order valence-corrected chi connectivity index (χ2v) is 11.0. The average molecular weight is 312 g/mol. The third-order valence-corrected chi connectivity index (χ3v) is 8.70. The van der Waals surface area contributed by atoms with Gasteiger partial charge in [-0.3, -0.25) is 0 Å². The maximum atomic E-state index is 9.52. The second kappa shape index (κ2) is 12.4. The number of hydrogen-bond donors (Lipinski definition) is 3. The van der Waals surface area contributed by atoms with Crippen molar-refractivity contribution in [3.63, 3.8) is 0 Å². The molecule has 5 heteroatoms. The van der Waals surface area contributed by atoms with E-state index in [4.69, 9.17) is 0 Å². The zero-order valence-electron chi connectivity index (χ0n) is 12.7. The van der Waals surface area contributed by atoms with Crippen LogP contribution in [0.2, 0.25) is 0 Å². The van der Waals surface area contributed by atoms with Gasteiger partial charge in [-0.15, -0.1) is 10.1 Å². The van der Waals surface area contributed by atoms with Crippen LogP contribution in [0, 0.1) is 0 Å². The van der Waals surface area contributed by atoms with Crippen LogP contribution in [0.3, 0.4) is 0 Å². The summed E-state index contributed by atoms with van der Waals surface area (Å²) in [5.74, 6) is 1.57. The van der Waals surface area contributed by atoms with E-state index in [1.165, 1.54) is 38.5 Å². The van der Waals surface area contributed by atoms with E-state index in [0.29, 0.717) is 0 Å². The van der Waals surface area contributed by atoms with Gasteiger partial charge in [-0.25, -0.2) is 0 Å². The number of unbranched alkanes of at least 4 members (excludes halogenated alkanes) is 8. The van der Waals surface area contributed by atoms with Gasteiger partial charge in [-0.1, -0.05) is 65.2 Å². The summed E-state index contributed by atoms with van der Waals surface area (Å²) in [4.78, 5) is 28.6. The molecular weight excluding hydrogens is 279 g/mol. The number of rotatable bonds is 12. The van der Waals surface area contributed by atoms with Crippen LogP contribution in [0.15, 0.2) is 0 Å². The van der Waals surface area contributed by atoms with Crippen molar-refractivity contribution < 1.29 is 14.7 Å². The Bertz CT molecular complexity index is 239. The molecule has 3 N–H and O–H groups in total. The van der Waals surface area contributed by atoms with Crippen molar-refractivity contribution in [2.45, 2.75) is 78.1 Å². The highest BCUT2D eigenvalue weighted by atomic mass is 32.5. The summed E-state index contributed by atoms with van der Waals surface area (Å²) in [7, 11) is -0.575. The topological polar surface area (TPSA) is 60.7 Å². The lowest BCUT2D eigenvalue weighted by Gasteiger charge is -2.15. The van der Waals surface area contributed by atoms with Gasteiger partial charge < -0.3 is 14.7 Å². The Morgan fingerprint density at radius 1 is 0.632 bits per heavy atom. The van der Waals surface area contributed by atoms with Gasteiger partial charge in [0.1, 0.15) is 0 Å². The van der Waals surface area contributed by atoms with Gasteiger partial charge in [0.05, 0.1) is 0 Å². The molecule has 0 spiro atoms. The van der Waals surface area contributed by atoms with Crippen LogP contribution >= 0.6 is 6.72 Å². The molecule has 0 aromatic heterocycles. The second-order valence-electron chi connectivity index (χ2n) is 5.21.